The van der Waals surface area contributed by atoms with Gasteiger partial charge in [-0.2, -0.15) is 0 Å². The van der Waals surface area contributed by atoms with Gasteiger partial charge in [-0.15, -0.1) is 0 Å². The molecule has 0 aromatic carbocycles. The second kappa shape index (κ2) is 5.86. The Morgan fingerprint density at radius 2 is 2.44 bits per heavy atom. The number of amides is 1. The van der Waals surface area contributed by atoms with Crippen LogP contribution in [0.2, 0.25) is 0 Å². The summed E-state index contributed by atoms with van der Waals surface area (Å²) in [7, 11) is 1.51. The third kappa shape index (κ3) is 3.34. The Balaban J connectivity index is 1.96. The maximum atomic E-state index is 12.0. The number of ether oxygens (including phenoxy) is 1. The van der Waals surface area contributed by atoms with E-state index >= 15 is 0 Å². The Hall–Kier alpha value is -0.850. The largest absolute Gasteiger partial charge is 0.389 e. The molecule has 1 amide bonds. The van der Waals surface area contributed by atoms with Crippen LogP contribution in [0.25, 0.3) is 0 Å². The Morgan fingerprint density at radius 1 is 1.72 bits per heavy atom. The monoisotopic (exact) mass is 316 g/mol. The molecule has 0 aliphatic heterocycles. The summed E-state index contributed by atoms with van der Waals surface area (Å²) >= 11 is 3.38. The van der Waals surface area contributed by atoms with E-state index in [1.54, 1.807) is 6.07 Å². The number of aliphatic hydroxyl groups is 1. The quantitative estimate of drug-likeness (QED) is 0.832. The number of carbonyl (C=O) groups excluding carboxylic acids is 1. The van der Waals surface area contributed by atoms with Crippen molar-refractivity contribution in [1.82, 2.24) is 9.88 Å². The van der Waals surface area contributed by atoms with Crippen LogP contribution in [-0.4, -0.2) is 41.9 Å². The third-order valence-electron chi connectivity index (χ3n) is 2.85. The number of rotatable bonds is 6. The fraction of sp³-hybridized carbons (Fsp3) is 0.583. The van der Waals surface area contributed by atoms with Gasteiger partial charge >= 0.3 is 0 Å². The molecule has 1 aromatic heterocycles. The highest BCUT2D eigenvalue weighted by atomic mass is 79.9. The normalized spacial score (nSPS) is 16.6. The zero-order valence-electron chi connectivity index (χ0n) is 10.2. The maximum Gasteiger partial charge on any atom is 0.268 e. The number of aromatic nitrogens is 1. The van der Waals surface area contributed by atoms with Crippen LogP contribution in [0.15, 0.2) is 16.7 Å². The maximum absolute atomic E-state index is 12.0. The standard InChI is InChI=1S/C12H17BrN2O3/c1-18-7-10(16)5-14-12(17)11-4-8(13)6-15(11)9-2-3-9/h4,6,9-10,16H,2-3,5,7H2,1H3,(H,14,17). The second-order valence-electron chi connectivity index (χ2n) is 4.50. The molecule has 1 fully saturated rings. The van der Waals surface area contributed by atoms with E-state index in [1.807, 2.05) is 10.8 Å². The van der Waals surface area contributed by atoms with Gasteiger partial charge < -0.3 is 19.7 Å². The summed E-state index contributed by atoms with van der Waals surface area (Å²) in [5.41, 5.74) is 0.633. The average molecular weight is 317 g/mol. The SMILES string of the molecule is COCC(O)CNC(=O)c1cc(Br)cn1C1CC1. The average Bonchev–Trinajstić information content (AvgIpc) is 3.10. The first-order valence-electron chi connectivity index (χ1n) is 5.94. The van der Waals surface area contributed by atoms with Crippen LogP contribution < -0.4 is 5.32 Å². The summed E-state index contributed by atoms with van der Waals surface area (Å²) in [5, 5.41) is 12.2. The summed E-state index contributed by atoms with van der Waals surface area (Å²) in [5.74, 6) is -0.164. The molecule has 1 unspecified atom stereocenters. The highest BCUT2D eigenvalue weighted by Crippen LogP contribution is 2.37. The molecule has 18 heavy (non-hydrogen) atoms. The summed E-state index contributed by atoms with van der Waals surface area (Å²) in [6.07, 6.45) is 3.49. The van der Waals surface area contributed by atoms with Crippen LogP contribution in [0.5, 0.6) is 0 Å². The zero-order chi connectivity index (χ0) is 13.1. The number of nitrogens with one attached hydrogen (secondary N) is 1. The number of halogens is 1. The minimum absolute atomic E-state index is 0.164. The molecule has 1 atom stereocenters. The van der Waals surface area contributed by atoms with E-state index in [9.17, 15) is 9.90 Å². The molecular formula is C12H17BrN2O3. The highest BCUT2D eigenvalue weighted by molar-refractivity contribution is 9.10. The Morgan fingerprint density at radius 3 is 3.06 bits per heavy atom. The van der Waals surface area contributed by atoms with E-state index in [1.165, 1.54) is 7.11 Å². The van der Waals surface area contributed by atoms with Crippen molar-refractivity contribution in [1.29, 1.82) is 0 Å². The minimum Gasteiger partial charge on any atom is -0.389 e. The van der Waals surface area contributed by atoms with E-state index in [0.29, 0.717) is 11.7 Å². The molecule has 1 saturated carbocycles. The Kier molecular flexibility index (Phi) is 4.42. The van der Waals surface area contributed by atoms with Crippen molar-refractivity contribution in [2.24, 2.45) is 0 Å². The van der Waals surface area contributed by atoms with Crippen LogP contribution >= 0.6 is 15.9 Å². The fourth-order valence-electron chi connectivity index (χ4n) is 1.83. The van der Waals surface area contributed by atoms with E-state index in [4.69, 9.17) is 4.74 Å². The van der Waals surface area contributed by atoms with Crippen LogP contribution in [-0.2, 0) is 4.74 Å². The highest BCUT2D eigenvalue weighted by Gasteiger charge is 2.27. The molecule has 0 spiro atoms. The first-order valence-corrected chi connectivity index (χ1v) is 6.73. The molecule has 2 N–H and O–H groups in total. The number of hydrogen-bond donors (Lipinski definition) is 2. The van der Waals surface area contributed by atoms with Crippen molar-refractivity contribution >= 4 is 21.8 Å². The molecule has 1 aliphatic rings. The molecule has 100 valence electrons. The van der Waals surface area contributed by atoms with E-state index in [2.05, 4.69) is 21.2 Å². The van der Waals surface area contributed by atoms with Crippen LogP contribution in [0.4, 0.5) is 0 Å². The Bertz CT molecular complexity index is 429. The van der Waals surface area contributed by atoms with Gasteiger partial charge in [0, 0.05) is 30.4 Å². The lowest BCUT2D eigenvalue weighted by Crippen LogP contribution is -2.35. The predicted octanol–water partition coefficient (Wildman–Crippen LogP) is 1.32. The molecule has 0 radical (unpaired) electrons. The van der Waals surface area contributed by atoms with Crippen molar-refractivity contribution in [3.8, 4) is 0 Å². The van der Waals surface area contributed by atoms with Crippen LogP contribution in [0, 0.1) is 0 Å². The van der Waals surface area contributed by atoms with Gasteiger partial charge in [0.25, 0.3) is 5.91 Å². The van der Waals surface area contributed by atoms with Gasteiger partial charge in [-0.25, -0.2) is 0 Å². The van der Waals surface area contributed by atoms with Crippen LogP contribution in [0.1, 0.15) is 29.4 Å². The van der Waals surface area contributed by atoms with Crippen molar-refractivity contribution < 1.29 is 14.6 Å². The van der Waals surface area contributed by atoms with Crippen molar-refractivity contribution in [2.75, 3.05) is 20.3 Å². The van der Waals surface area contributed by atoms with Gasteiger partial charge in [-0.1, -0.05) is 0 Å². The molecular weight excluding hydrogens is 300 g/mol. The van der Waals surface area contributed by atoms with Crippen LogP contribution in [0.3, 0.4) is 0 Å². The summed E-state index contributed by atoms with van der Waals surface area (Å²) in [6, 6.07) is 2.25. The third-order valence-corrected chi connectivity index (χ3v) is 3.28. The lowest BCUT2D eigenvalue weighted by atomic mass is 10.3. The van der Waals surface area contributed by atoms with Crippen molar-refractivity contribution in [3.63, 3.8) is 0 Å². The van der Waals surface area contributed by atoms with Gasteiger partial charge in [0.2, 0.25) is 0 Å². The first-order chi connectivity index (χ1) is 8.61. The molecule has 0 bridgehead atoms. The molecule has 1 aromatic rings. The number of aliphatic hydroxyl groups excluding tert-OH is 1. The van der Waals surface area contributed by atoms with Crippen molar-refractivity contribution in [3.05, 3.63) is 22.4 Å². The number of methoxy groups -OCH3 is 1. The lowest BCUT2D eigenvalue weighted by molar-refractivity contribution is 0.0607. The summed E-state index contributed by atoms with van der Waals surface area (Å²) < 4.78 is 7.69. The fourth-order valence-corrected chi connectivity index (χ4v) is 2.27. The number of nitrogens with zero attached hydrogens (tertiary/aromatic N) is 1. The second-order valence-corrected chi connectivity index (χ2v) is 5.42. The van der Waals surface area contributed by atoms with E-state index < -0.39 is 6.10 Å². The van der Waals surface area contributed by atoms with Gasteiger partial charge in [-0.05, 0) is 34.8 Å². The first kappa shape index (κ1) is 13.6. The van der Waals surface area contributed by atoms with Gasteiger partial charge in [0.15, 0.2) is 0 Å². The number of carbonyl (C=O) groups is 1. The molecule has 0 saturated heterocycles. The van der Waals surface area contributed by atoms with Gasteiger partial charge in [0.1, 0.15) is 5.69 Å². The topological polar surface area (TPSA) is 63.5 Å². The Labute approximate surface area is 114 Å². The zero-order valence-corrected chi connectivity index (χ0v) is 11.8. The summed E-state index contributed by atoms with van der Waals surface area (Å²) in [4.78, 5) is 12.0. The predicted molar refractivity (Wildman–Crippen MR) is 70.6 cm³/mol. The smallest absolute Gasteiger partial charge is 0.268 e. The number of hydrogen-bond acceptors (Lipinski definition) is 3. The van der Waals surface area contributed by atoms with Gasteiger partial charge in [-0.3, -0.25) is 4.79 Å². The molecule has 6 heteroatoms. The van der Waals surface area contributed by atoms with E-state index in [0.717, 1.165) is 17.3 Å². The molecule has 1 aliphatic carbocycles. The molecule has 2 rings (SSSR count). The minimum atomic E-state index is -0.674. The van der Waals surface area contributed by atoms with Crippen molar-refractivity contribution in [2.45, 2.75) is 25.0 Å². The lowest BCUT2D eigenvalue weighted by Gasteiger charge is -2.12. The van der Waals surface area contributed by atoms with Gasteiger partial charge in [0.05, 0.1) is 12.7 Å². The molecule has 1 heterocycles. The molecule has 5 nitrogen and oxygen atoms in total. The van der Waals surface area contributed by atoms with E-state index in [-0.39, 0.29) is 19.1 Å². The summed E-state index contributed by atoms with van der Waals surface area (Å²) in [6.45, 7) is 0.410.